The van der Waals surface area contributed by atoms with Crippen molar-refractivity contribution in [1.29, 1.82) is 0 Å². The Labute approximate surface area is 145 Å². The van der Waals surface area contributed by atoms with Crippen LogP contribution in [0.4, 0.5) is 15.8 Å². The molecule has 0 fully saturated rings. The van der Waals surface area contributed by atoms with Gasteiger partial charge < -0.3 is 10.2 Å². The number of rotatable bonds is 5. The Morgan fingerprint density at radius 3 is 2.40 bits per heavy atom. The van der Waals surface area contributed by atoms with Crippen molar-refractivity contribution >= 4 is 17.3 Å². The first-order valence-corrected chi connectivity index (χ1v) is 7.91. The fraction of sp³-hybridized carbons (Fsp3) is 0.100. The summed E-state index contributed by atoms with van der Waals surface area (Å²) in [5.41, 5.74) is 2.94. The average Bonchev–Trinajstić information content (AvgIpc) is 2.67. The number of para-hydroxylation sites is 1. The molecule has 0 aliphatic heterocycles. The predicted octanol–water partition coefficient (Wildman–Crippen LogP) is 4.11. The quantitative estimate of drug-likeness (QED) is 0.763. The Bertz CT molecular complexity index is 833. The predicted molar refractivity (Wildman–Crippen MR) is 97.1 cm³/mol. The summed E-state index contributed by atoms with van der Waals surface area (Å²) < 4.78 is 12.9. The third-order valence-corrected chi connectivity index (χ3v) is 3.84. The molecule has 0 spiro atoms. The van der Waals surface area contributed by atoms with Crippen molar-refractivity contribution < 1.29 is 9.18 Å². The Morgan fingerprint density at radius 2 is 1.76 bits per heavy atom. The molecule has 3 aromatic rings. The summed E-state index contributed by atoms with van der Waals surface area (Å²) in [5.74, 6) is -0.424. The van der Waals surface area contributed by atoms with Crippen molar-refractivity contribution in [2.45, 2.75) is 6.54 Å². The summed E-state index contributed by atoms with van der Waals surface area (Å²) in [5, 5.41) is 3.20. The molecule has 1 amide bonds. The molecule has 25 heavy (non-hydrogen) atoms. The number of halogens is 1. The minimum atomic E-state index is -0.254. The number of nitrogens with zero attached hydrogens (tertiary/aromatic N) is 2. The number of carbonyl (C=O) groups excluding carboxylic acids is 1. The van der Waals surface area contributed by atoms with Gasteiger partial charge in [0.25, 0.3) is 5.91 Å². The lowest BCUT2D eigenvalue weighted by molar-refractivity contribution is 0.0988. The number of pyridine rings is 1. The summed E-state index contributed by atoms with van der Waals surface area (Å²) >= 11 is 0. The first-order valence-electron chi connectivity index (χ1n) is 7.91. The van der Waals surface area contributed by atoms with E-state index in [1.165, 1.54) is 12.1 Å². The van der Waals surface area contributed by atoms with Crippen LogP contribution in [-0.2, 0) is 6.54 Å². The molecule has 4 nitrogen and oxygen atoms in total. The van der Waals surface area contributed by atoms with Crippen LogP contribution < -0.4 is 10.2 Å². The topological polar surface area (TPSA) is 45.2 Å². The lowest BCUT2D eigenvalue weighted by Gasteiger charge is -2.16. The molecule has 5 heteroatoms. The molecule has 0 aliphatic rings. The van der Waals surface area contributed by atoms with Crippen molar-refractivity contribution in [3.63, 3.8) is 0 Å². The van der Waals surface area contributed by atoms with Crippen LogP contribution in [0.15, 0.2) is 72.9 Å². The zero-order chi connectivity index (χ0) is 17.6. The van der Waals surface area contributed by atoms with E-state index in [4.69, 9.17) is 0 Å². The van der Waals surface area contributed by atoms with Crippen molar-refractivity contribution in [2.75, 3.05) is 17.3 Å². The first kappa shape index (κ1) is 16.6. The Balaban J connectivity index is 1.63. The molecule has 0 saturated heterocycles. The summed E-state index contributed by atoms with van der Waals surface area (Å²) in [6.45, 7) is 0.555. The molecule has 3 rings (SSSR count). The number of hydrogen-bond donors (Lipinski definition) is 1. The van der Waals surface area contributed by atoms with Crippen molar-refractivity contribution in [3.05, 3.63) is 90.0 Å². The smallest absolute Gasteiger partial charge is 0.276 e. The number of benzene rings is 2. The van der Waals surface area contributed by atoms with E-state index in [-0.39, 0.29) is 11.7 Å². The van der Waals surface area contributed by atoms with E-state index < -0.39 is 0 Å². The van der Waals surface area contributed by atoms with Crippen LogP contribution in [0.1, 0.15) is 16.1 Å². The van der Waals surface area contributed by atoms with E-state index >= 15 is 0 Å². The lowest BCUT2D eigenvalue weighted by atomic mass is 10.2. The maximum atomic E-state index is 12.9. The molecule has 0 unspecified atom stereocenters. The second kappa shape index (κ2) is 7.57. The third-order valence-electron chi connectivity index (χ3n) is 3.84. The van der Waals surface area contributed by atoms with Gasteiger partial charge in [-0.2, -0.15) is 0 Å². The minimum absolute atomic E-state index is 0.170. The van der Waals surface area contributed by atoms with Crippen molar-refractivity contribution in [3.8, 4) is 0 Å². The van der Waals surface area contributed by atoms with Gasteiger partial charge in [-0.1, -0.05) is 30.3 Å². The van der Waals surface area contributed by atoms with Crippen LogP contribution in [0.25, 0.3) is 0 Å². The molecule has 126 valence electrons. The molecule has 0 aliphatic carbocycles. The largest absolute Gasteiger partial charge is 0.380 e. The zero-order valence-corrected chi connectivity index (χ0v) is 13.8. The molecule has 0 radical (unpaired) electrons. The van der Waals surface area contributed by atoms with Crippen LogP contribution in [0.2, 0.25) is 0 Å². The number of carbonyl (C=O) groups is 1. The highest BCUT2D eigenvalue weighted by atomic mass is 19.1. The molecule has 0 atom stereocenters. The number of amides is 1. The standard InChI is InChI=1S/C20H18FN3O/c1-24(18-5-3-2-4-6-18)20(25)19-12-11-17(14-23-19)22-13-15-7-9-16(21)10-8-15/h2-12,14,22H,13H2,1H3. The summed E-state index contributed by atoms with van der Waals surface area (Å²) in [4.78, 5) is 18.3. The Hall–Kier alpha value is -3.21. The van der Waals surface area contributed by atoms with Gasteiger partial charge in [-0.25, -0.2) is 9.37 Å². The van der Waals surface area contributed by atoms with Gasteiger partial charge in [0.15, 0.2) is 0 Å². The first-order chi connectivity index (χ1) is 12.1. The highest BCUT2D eigenvalue weighted by molar-refractivity contribution is 6.04. The monoisotopic (exact) mass is 335 g/mol. The summed E-state index contributed by atoms with van der Waals surface area (Å²) in [6.07, 6.45) is 1.62. The van der Waals surface area contributed by atoms with Gasteiger partial charge in [-0.15, -0.1) is 0 Å². The van der Waals surface area contributed by atoms with Gasteiger partial charge >= 0.3 is 0 Å². The second-order valence-electron chi connectivity index (χ2n) is 5.61. The number of hydrogen-bond acceptors (Lipinski definition) is 3. The van der Waals surface area contributed by atoms with E-state index in [2.05, 4.69) is 10.3 Å². The lowest BCUT2D eigenvalue weighted by Crippen LogP contribution is -2.26. The van der Waals surface area contributed by atoms with Crippen molar-refractivity contribution in [2.24, 2.45) is 0 Å². The van der Waals surface area contributed by atoms with E-state index in [1.807, 2.05) is 36.4 Å². The van der Waals surface area contributed by atoms with Gasteiger partial charge in [-0.05, 0) is 42.0 Å². The van der Waals surface area contributed by atoms with E-state index in [1.54, 1.807) is 36.3 Å². The fourth-order valence-corrected chi connectivity index (χ4v) is 2.37. The number of nitrogens with one attached hydrogen (secondary N) is 1. The molecular weight excluding hydrogens is 317 g/mol. The van der Waals surface area contributed by atoms with E-state index in [9.17, 15) is 9.18 Å². The number of anilines is 2. The average molecular weight is 335 g/mol. The highest BCUT2D eigenvalue weighted by Crippen LogP contribution is 2.15. The van der Waals surface area contributed by atoms with Gasteiger partial charge in [-0.3, -0.25) is 4.79 Å². The Morgan fingerprint density at radius 1 is 1.04 bits per heavy atom. The van der Waals surface area contributed by atoms with E-state index in [0.29, 0.717) is 12.2 Å². The summed E-state index contributed by atoms with van der Waals surface area (Å²) in [7, 11) is 1.72. The molecule has 2 aromatic carbocycles. The van der Waals surface area contributed by atoms with Crippen LogP contribution >= 0.6 is 0 Å². The molecule has 1 heterocycles. The Kier molecular flexibility index (Phi) is 5.04. The minimum Gasteiger partial charge on any atom is -0.380 e. The number of aromatic nitrogens is 1. The molecule has 0 bridgehead atoms. The van der Waals surface area contributed by atoms with Gasteiger partial charge in [0.2, 0.25) is 0 Å². The van der Waals surface area contributed by atoms with Gasteiger partial charge in [0.05, 0.1) is 11.9 Å². The van der Waals surface area contributed by atoms with Crippen LogP contribution in [0, 0.1) is 5.82 Å². The zero-order valence-electron chi connectivity index (χ0n) is 13.8. The fourth-order valence-electron chi connectivity index (χ4n) is 2.37. The highest BCUT2D eigenvalue weighted by Gasteiger charge is 2.14. The molecule has 1 aromatic heterocycles. The van der Waals surface area contributed by atoms with Crippen molar-refractivity contribution in [1.82, 2.24) is 4.98 Å². The van der Waals surface area contributed by atoms with Crippen LogP contribution in [-0.4, -0.2) is 17.9 Å². The van der Waals surface area contributed by atoms with Crippen LogP contribution in [0.5, 0.6) is 0 Å². The molecular formula is C20H18FN3O. The molecule has 0 saturated carbocycles. The van der Waals surface area contributed by atoms with Gasteiger partial charge in [0, 0.05) is 19.3 Å². The van der Waals surface area contributed by atoms with Gasteiger partial charge in [0.1, 0.15) is 11.5 Å². The second-order valence-corrected chi connectivity index (χ2v) is 5.61. The normalized spacial score (nSPS) is 10.3. The maximum Gasteiger partial charge on any atom is 0.276 e. The van der Waals surface area contributed by atoms with E-state index in [0.717, 1.165) is 16.9 Å². The third kappa shape index (κ3) is 4.20. The van der Waals surface area contributed by atoms with Crippen LogP contribution in [0.3, 0.4) is 0 Å². The molecule has 1 N–H and O–H groups in total. The summed E-state index contributed by atoms with van der Waals surface area (Å²) in [6, 6.07) is 19.2. The SMILES string of the molecule is CN(C(=O)c1ccc(NCc2ccc(F)cc2)cn1)c1ccccc1. The maximum absolute atomic E-state index is 12.9.